The number of carbonyl (C=O) groups excluding carboxylic acids is 3. The Labute approximate surface area is 225 Å². The molecule has 212 valence electrons. The van der Waals surface area contributed by atoms with E-state index in [2.05, 4.69) is 10.6 Å². The van der Waals surface area contributed by atoms with Crippen LogP contribution in [0.5, 0.6) is 5.75 Å². The Morgan fingerprint density at radius 2 is 1.41 bits per heavy atom. The van der Waals surface area contributed by atoms with E-state index in [0.29, 0.717) is 23.6 Å². The van der Waals surface area contributed by atoms with Crippen LogP contribution in [0.25, 0.3) is 0 Å². The molecule has 1 amide bonds. The highest BCUT2D eigenvalue weighted by Crippen LogP contribution is 2.34. The van der Waals surface area contributed by atoms with E-state index < -0.39 is 18.3 Å². The summed E-state index contributed by atoms with van der Waals surface area (Å²) in [5.41, 5.74) is 0.337. The maximum atomic E-state index is 13.1. The van der Waals surface area contributed by atoms with Gasteiger partial charge in [0.2, 0.25) is 5.91 Å². The molecule has 0 atom stereocenters. The summed E-state index contributed by atoms with van der Waals surface area (Å²) in [6.07, 6.45) is -4.60. The first kappa shape index (κ1) is 34.8. The number of benzene rings is 3. The molecule has 0 aliphatic heterocycles. The molecule has 4 N–H and O–H groups in total. The van der Waals surface area contributed by atoms with E-state index in [4.69, 9.17) is 24.5 Å². The molecule has 11 heteroatoms. The lowest BCUT2D eigenvalue weighted by molar-refractivity contribution is -0.138. The third kappa shape index (κ3) is 13.2. The van der Waals surface area contributed by atoms with E-state index in [1.807, 2.05) is 50.0 Å². The maximum absolute atomic E-state index is 13.1. The van der Waals surface area contributed by atoms with E-state index in [1.54, 1.807) is 25.1 Å². The number of aliphatic hydroxyl groups excluding tert-OH is 2. The minimum atomic E-state index is -4.57. The van der Waals surface area contributed by atoms with Gasteiger partial charge in [-0.25, -0.2) is 0 Å². The topological polar surface area (TPSA) is 125 Å². The number of nitrogens with one attached hydrogen (secondary N) is 2. The summed E-state index contributed by atoms with van der Waals surface area (Å²) in [6.45, 7) is 5.38. The van der Waals surface area contributed by atoms with Crippen LogP contribution in [0.1, 0.15) is 30.0 Å². The minimum absolute atomic E-state index is 0.0291. The minimum Gasteiger partial charge on any atom is -0.493 e. The van der Waals surface area contributed by atoms with Crippen LogP contribution in [0.3, 0.4) is 0 Å². The number of anilines is 2. The molecule has 0 saturated carbocycles. The molecule has 0 bridgehead atoms. The Hall–Kier alpha value is -4.22. The van der Waals surface area contributed by atoms with Gasteiger partial charge in [0.25, 0.3) is 0 Å². The number of rotatable bonds is 9. The zero-order valence-electron chi connectivity index (χ0n) is 21.5. The normalized spacial score (nSPS) is 9.79. The number of amides is 1. The van der Waals surface area contributed by atoms with Crippen molar-refractivity contribution in [2.45, 2.75) is 32.7 Å². The van der Waals surface area contributed by atoms with Crippen molar-refractivity contribution in [1.82, 2.24) is 0 Å². The lowest BCUT2D eigenvalue weighted by Gasteiger charge is -2.16. The maximum Gasteiger partial charge on any atom is 0.416 e. The monoisotopic (exact) mass is 550 g/mol. The smallest absolute Gasteiger partial charge is 0.416 e. The second-order valence-electron chi connectivity index (χ2n) is 7.31. The van der Waals surface area contributed by atoms with E-state index >= 15 is 0 Å². The molecule has 3 rings (SSSR count). The quantitative estimate of drug-likeness (QED) is 0.300. The zero-order chi connectivity index (χ0) is 29.7. The van der Waals surface area contributed by atoms with Gasteiger partial charge in [-0.05, 0) is 30.7 Å². The summed E-state index contributed by atoms with van der Waals surface area (Å²) in [5, 5.41) is 23.5. The van der Waals surface area contributed by atoms with Crippen molar-refractivity contribution in [1.29, 1.82) is 0 Å². The molecule has 0 heterocycles. The van der Waals surface area contributed by atoms with Crippen LogP contribution in [0.15, 0.2) is 72.8 Å². The zero-order valence-corrected chi connectivity index (χ0v) is 21.5. The van der Waals surface area contributed by atoms with Gasteiger partial charge in [-0.3, -0.25) is 4.79 Å². The molecule has 3 aromatic rings. The Morgan fingerprint density at radius 3 is 1.90 bits per heavy atom. The van der Waals surface area contributed by atoms with E-state index in [-0.39, 0.29) is 36.7 Å². The summed E-state index contributed by atoms with van der Waals surface area (Å²) in [4.78, 5) is 27.6. The molecular weight excluding hydrogens is 517 g/mol. The summed E-state index contributed by atoms with van der Waals surface area (Å²) in [5.74, 6) is 0.134. The average molecular weight is 551 g/mol. The second kappa shape index (κ2) is 19.8. The Bertz CT molecular complexity index is 1070. The van der Waals surface area contributed by atoms with Gasteiger partial charge in [-0.1, -0.05) is 48.5 Å². The lowest BCUT2D eigenvalue weighted by atomic mass is 10.1. The Morgan fingerprint density at radius 1 is 0.872 bits per heavy atom. The fourth-order valence-corrected chi connectivity index (χ4v) is 3.06. The molecule has 0 radical (unpaired) electrons. The van der Waals surface area contributed by atoms with Gasteiger partial charge in [0, 0.05) is 29.5 Å². The molecule has 3 aromatic carbocycles. The molecule has 0 spiro atoms. The van der Waals surface area contributed by atoms with Gasteiger partial charge in [0.1, 0.15) is 19.3 Å². The van der Waals surface area contributed by atoms with Crippen LogP contribution in [0.2, 0.25) is 0 Å². The first-order valence-corrected chi connectivity index (χ1v) is 11.6. The van der Waals surface area contributed by atoms with Gasteiger partial charge in [0.05, 0.1) is 31.8 Å². The lowest BCUT2D eigenvalue weighted by Crippen LogP contribution is -2.13. The van der Waals surface area contributed by atoms with Crippen molar-refractivity contribution in [3.8, 4) is 5.75 Å². The fraction of sp³-hybridized carbons (Fsp3) is 0.250. The Kier molecular flexibility index (Phi) is 17.7. The molecule has 39 heavy (non-hydrogen) atoms. The van der Waals surface area contributed by atoms with Crippen molar-refractivity contribution >= 4 is 30.9 Å². The first-order valence-electron chi connectivity index (χ1n) is 11.6. The van der Waals surface area contributed by atoms with E-state index in [0.717, 1.165) is 6.07 Å². The highest BCUT2D eigenvalue weighted by molar-refractivity contribution is 5.91. The standard InChI is InChI=1S/C20H23F3N2O4.C6H6.2CH2O/c1-2-29-18-10-16(25-19(28)7-8-26)6-3-13(18)11-24-15-5-4-14(12-27)17(9-15)20(21,22)23;1-2-4-6-5-3-1;2*1-2/h3-6,9-10,24,26-27H,2,7-8,11-12H2,1H3,(H,25,28);1-6H;2*1H2. The first-order chi connectivity index (χ1) is 18.8. The molecule has 8 nitrogen and oxygen atoms in total. The van der Waals surface area contributed by atoms with Crippen molar-refractivity contribution in [2.75, 3.05) is 23.8 Å². The number of hydrogen-bond donors (Lipinski definition) is 4. The highest BCUT2D eigenvalue weighted by atomic mass is 19.4. The van der Waals surface area contributed by atoms with Gasteiger partial charge in [0.15, 0.2) is 0 Å². The molecule has 0 aliphatic carbocycles. The number of ether oxygens (including phenoxy) is 1. The molecule has 0 aliphatic rings. The molecule has 0 unspecified atom stereocenters. The second-order valence-corrected chi connectivity index (χ2v) is 7.31. The van der Waals surface area contributed by atoms with E-state index in [1.165, 1.54) is 12.1 Å². The summed E-state index contributed by atoms with van der Waals surface area (Å²) < 4.78 is 45.0. The average Bonchev–Trinajstić information content (AvgIpc) is 2.96. The molecule has 0 fully saturated rings. The van der Waals surface area contributed by atoms with Gasteiger partial charge in [-0.2, -0.15) is 13.2 Å². The molecular formula is C28H33F3N2O6. The van der Waals surface area contributed by atoms with Crippen LogP contribution in [0.4, 0.5) is 24.5 Å². The SMILES string of the molecule is C=O.C=O.CCOc1cc(NC(=O)CCO)ccc1CNc1ccc(CO)c(C(F)(F)F)c1.c1ccccc1. The fourth-order valence-electron chi connectivity index (χ4n) is 3.06. The predicted octanol–water partition coefficient (Wildman–Crippen LogP) is 4.85. The van der Waals surface area contributed by atoms with Gasteiger partial charge < -0.3 is 35.2 Å². The van der Waals surface area contributed by atoms with Crippen molar-refractivity contribution < 1.29 is 42.5 Å². The number of aliphatic hydroxyl groups is 2. The van der Waals surface area contributed by atoms with Gasteiger partial charge >= 0.3 is 6.18 Å². The van der Waals surface area contributed by atoms with Crippen LogP contribution >= 0.6 is 0 Å². The van der Waals surface area contributed by atoms with Crippen LogP contribution < -0.4 is 15.4 Å². The van der Waals surface area contributed by atoms with Gasteiger partial charge in [-0.15, -0.1) is 0 Å². The largest absolute Gasteiger partial charge is 0.493 e. The highest BCUT2D eigenvalue weighted by Gasteiger charge is 2.33. The van der Waals surface area contributed by atoms with Crippen molar-refractivity contribution in [2.24, 2.45) is 0 Å². The molecule has 0 aromatic heterocycles. The number of hydrogen-bond acceptors (Lipinski definition) is 7. The van der Waals surface area contributed by atoms with Crippen LogP contribution in [-0.2, 0) is 33.7 Å². The third-order valence-electron chi connectivity index (χ3n) is 4.72. The molecule has 0 saturated heterocycles. The number of carbonyl (C=O) groups is 3. The van der Waals surface area contributed by atoms with Crippen molar-refractivity contribution in [3.05, 3.63) is 89.5 Å². The number of halogens is 3. The Balaban J connectivity index is 0.00000123. The summed E-state index contributed by atoms with van der Waals surface area (Å²) in [7, 11) is 0. The third-order valence-corrected chi connectivity index (χ3v) is 4.72. The summed E-state index contributed by atoms with van der Waals surface area (Å²) >= 11 is 0. The predicted molar refractivity (Wildman–Crippen MR) is 143 cm³/mol. The van der Waals surface area contributed by atoms with Crippen molar-refractivity contribution in [3.63, 3.8) is 0 Å². The van der Waals surface area contributed by atoms with E-state index in [9.17, 15) is 18.0 Å². The van der Waals surface area contributed by atoms with Crippen LogP contribution in [0, 0.1) is 0 Å². The number of alkyl halides is 3. The summed E-state index contributed by atoms with van der Waals surface area (Å²) in [6, 6.07) is 20.6. The van der Waals surface area contributed by atoms with Crippen LogP contribution in [-0.4, -0.2) is 42.9 Å².